The molecule has 1 N–H and O–H groups in total. The highest BCUT2D eigenvalue weighted by Gasteiger charge is 2.21. The molecule has 88 valence electrons. The third-order valence-corrected chi connectivity index (χ3v) is 3.54. The maximum Gasteiger partial charge on any atom is 0.326 e. The molecule has 0 aliphatic heterocycles. The molecule has 0 saturated heterocycles. The number of hydrogen-bond donors (Lipinski definition) is 1. The van der Waals surface area contributed by atoms with Gasteiger partial charge in [0, 0.05) is 18.9 Å². The summed E-state index contributed by atoms with van der Waals surface area (Å²) in [6.45, 7) is 3.07. The van der Waals surface area contributed by atoms with Gasteiger partial charge in [0.25, 0.3) is 0 Å². The summed E-state index contributed by atoms with van der Waals surface area (Å²) in [4.78, 5) is 15.5. The second-order valence-electron chi connectivity index (χ2n) is 4.68. The molecule has 1 aromatic rings. The Morgan fingerprint density at radius 3 is 3.00 bits per heavy atom. The molecule has 2 unspecified atom stereocenters. The molecule has 16 heavy (non-hydrogen) atoms. The molecule has 4 heteroatoms. The summed E-state index contributed by atoms with van der Waals surface area (Å²) in [5.74, 6) is 1.37. The van der Waals surface area contributed by atoms with Crippen LogP contribution in [0.3, 0.4) is 0 Å². The third kappa shape index (κ3) is 2.62. The fraction of sp³-hybridized carbons (Fsp3) is 0.667. The molecule has 0 bridgehead atoms. The van der Waals surface area contributed by atoms with E-state index in [-0.39, 0.29) is 6.03 Å². The highest BCUT2D eigenvalue weighted by Crippen LogP contribution is 2.28. The summed E-state index contributed by atoms with van der Waals surface area (Å²) < 4.78 is 1.48. The van der Waals surface area contributed by atoms with Gasteiger partial charge in [0.1, 0.15) is 6.33 Å². The molecule has 4 nitrogen and oxygen atoms in total. The number of hydrogen-bond acceptors (Lipinski definition) is 2. The van der Waals surface area contributed by atoms with Crippen molar-refractivity contribution in [3.05, 3.63) is 18.7 Å². The van der Waals surface area contributed by atoms with Crippen molar-refractivity contribution in [1.29, 1.82) is 0 Å². The SMILES string of the molecule is CC1CCCCC1CNC(=O)n1ccnc1. The van der Waals surface area contributed by atoms with E-state index in [9.17, 15) is 4.79 Å². The van der Waals surface area contributed by atoms with E-state index < -0.39 is 0 Å². The lowest BCUT2D eigenvalue weighted by Gasteiger charge is -2.28. The molecular formula is C12H19N3O. The van der Waals surface area contributed by atoms with Crippen LogP contribution in [0.1, 0.15) is 32.6 Å². The summed E-state index contributed by atoms with van der Waals surface area (Å²) in [6, 6.07) is -0.0738. The third-order valence-electron chi connectivity index (χ3n) is 3.54. The predicted octanol–water partition coefficient (Wildman–Crippen LogP) is 2.27. The Labute approximate surface area is 96.1 Å². The largest absolute Gasteiger partial charge is 0.337 e. The Kier molecular flexibility index (Phi) is 3.59. The average molecular weight is 221 g/mol. The van der Waals surface area contributed by atoms with Crippen LogP contribution in [0, 0.1) is 11.8 Å². The lowest BCUT2D eigenvalue weighted by molar-refractivity contribution is 0.224. The molecule has 1 amide bonds. The minimum absolute atomic E-state index is 0.0738. The summed E-state index contributed by atoms with van der Waals surface area (Å²) in [5, 5.41) is 2.97. The molecule has 1 heterocycles. The number of amides is 1. The average Bonchev–Trinajstić information content (AvgIpc) is 2.81. The van der Waals surface area contributed by atoms with E-state index in [2.05, 4.69) is 17.2 Å². The number of nitrogens with one attached hydrogen (secondary N) is 1. The standard InChI is InChI=1S/C12H19N3O/c1-10-4-2-3-5-11(10)8-14-12(16)15-7-6-13-9-15/h6-7,9-11H,2-5,8H2,1H3,(H,14,16). The van der Waals surface area contributed by atoms with Crippen LogP contribution in [-0.2, 0) is 0 Å². The van der Waals surface area contributed by atoms with E-state index in [0.29, 0.717) is 5.92 Å². The smallest absolute Gasteiger partial charge is 0.326 e. The number of rotatable bonds is 2. The van der Waals surface area contributed by atoms with Crippen LogP contribution in [0.4, 0.5) is 4.79 Å². The van der Waals surface area contributed by atoms with Gasteiger partial charge >= 0.3 is 6.03 Å². The minimum Gasteiger partial charge on any atom is -0.337 e. The first kappa shape index (κ1) is 11.2. The zero-order valence-electron chi connectivity index (χ0n) is 9.72. The molecule has 1 saturated carbocycles. The number of carbonyl (C=O) groups excluding carboxylic acids is 1. The van der Waals surface area contributed by atoms with Crippen molar-refractivity contribution in [3.8, 4) is 0 Å². The van der Waals surface area contributed by atoms with E-state index >= 15 is 0 Å². The highest BCUT2D eigenvalue weighted by molar-refractivity contribution is 5.76. The molecule has 0 radical (unpaired) electrons. The zero-order valence-corrected chi connectivity index (χ0v) is 9.72. The fourth-order valence-corrected chi connectivity index (χ4v) is 2.39. The molecular weight excluding hydrogens is 202 g/mol. The quantitative estimate of drug-likeness (QED) is 0.832. The van der Waals surface area contributed by atoms with Crippen molar-refractivity contribution < 1.29 is 4.79 Å². The van der Waals surface area contributed by atoms with Gasteiger partial charge in [-0.25, -0.2) is 9.78 Å². The number of nitrogens with zero attached hydrogens (tertiary/aromatic N) is 2. The summed E-state index contributed by atoms with van der Waals surface area (Å²) >= 11 is 0. The van der Waals surface area contributed by atoms with Gasteiger partial charge in [-0.3, -0.25) is 4.57 Å². The van der Waals surface area contributed by atoms with Crippen molar-refractivity contribution in [2.75, 3.05) is 6.54 Å². The van der Waals surface area contributed by atoms with Crippen molar-refractivity contribution in [3.63, 3.8) is 0 Å². The second-order valence-corrected chi connectivity index (χ2v) is 4.68. The summed E-state index contributed by atoms with van der Waals surface area (Å²) in [6.07, 6.45) is 9.99. The van der Waals surface area contributed by atoms with Crippen LogP contribution in [0.5, 0.6) is 0 Å². The van der Waals surface area contributed by atoms with Gasteiger partial charge in [0.2, 0.25) is 0 Å². The minimum atomic E-state index is -0.0738. The number of aromatic nitrogens is 2. The first-order valence-corrected chi connectivity index (χ1v) is 6.03. The zero-order chi connectivity index (χ0) is 11.4. The molecule has 2 rings (SSSR count). The summed E-state index contributed by atoms with van der Waals surface area (Å²) in [7, 11) is 0. The van der Waals surface area contributed by atoms with Crippen LogP contribution < -0.4 is 5.32 Å². The Morgan fingerprint density at radius 2 is 2.31 bits per heavy atom. The van der Waals surface area contributed by atoms with Crippen LogP contribution in [0.25, 0.3) is 0 Å². The molecule has 1 fully saturated rings. The Balaban J connectivity index is 1.80. The van der Waals surface area contributed by atoms with Crippen LogP contribution in [0.2, 0.25) is 0 Å². The van der Waals surface area contributed by atoms with Crippen molar-refractivity contribution >= 4 is 6.03 Å². The predicted molar refractivity (Wildman–Crippen MR) is 62.1 cm³/mol. The first-order chi connectivity index (χ1) is 7.77. The Hall–Kier alpha value is -1.32. The fourth-order valence-electron chi connectivity index (χ4n) is 2.39. The number of imidazole rings is 1. The van der Waals surface area contributed by atoms with E-state index in [0.717, 1.165) is 12.5 Å². The highest BCUT2D eigenvalue weighted by atomic mass is 16.2. The number of carbonyl (C=O) groups is 1. The van der Waals surface area contributed by atoms with Crippen molar-refractivity contribution in [2.45, 2.75) is 32.6 Å². The normalized spacial score (nSPS) is 25.3. The Morgan fingerprint density at radius 1 is 1.50 bits per heavy atom. The van der Waals surface area contributed by atoms with Crippen molar-refractivity contribution in [2.24, 2.45) is 11.8 Å². The van der Waals surface area contributed by atoms with Gasteiger partial charge in [-0.2, -0.15) is 0 Å². The Bertz CT molecular complexity index is 334. The van der Waals surface area contributed by atoms with Crippen LogP contribution in [0.15, 0.2) is 18.7 Å². The van der Waals surface area contributed by atoms with Gasteiger partial charge in [0.05, 0.1) is 0 Å². The topological polar surface area (TPSA) is 46.9 Å². The van der Waals surface area contributed by atoms with E-state index in [1.165, 1.54) is 36.6 Å². The molecule has 2 atom stereocenters. The maximum absolute atomic E-state index is 11.7. The van der Waals surface area contributed by atoms with Gasteiger partial charge in [-0.15, -0.1) is 0 Å². The van der Waals surface area contributed by atoms with E-state index in [4.69, 9.17) is 0 Å². The molecule has 0 spiro atoms. The van der Waals surface area contributed by atoms with Gasteiger partial charge in [-0.1, -0.05) is 26.2 Å². The van der Waals surface area contributed by atoms with Crippen LogP contribution >= 0.6 is 0 Å². The maximum atomic E-state index is 11.7. The lowest BCUT2D eigenvalue weighted by atomic mass is 9.80. The molecule has 1 aromatic heterocycles. The molecule has 1 aliphatic rings. The van der Waals surface area contributed by atoms with Crippen molar-refractivity contribution in [1.82, 2.24) is 14.9 Å². The van der Waals surface area contributed by atoms with Gasteiger partial charge in [0.15, 0.2) is 0 Å². The molecule has 0 aromatic carbocycles. The molecule has 1 aliphatic carbocycles. The summed E-state index contributed by atoms with van der Waals surface area (Å²) in [5.41, 5.74) is 0. The van der Waals surface area contributed by atoms with E-state index in [1.54, 1.807) is 12.4 Å². The van der Waals surface area contributed by atoms with Crippen LogP contribution in [-0.4, -0.2) is 22.1 Å². The lowest BCUT2D eigenvalue weighted by Crippen LogP contribution is -2.35. The van der Waals surface area contributed by atoms with Gasteiger partial charge < -0.3 is 5.32 Å². The second kappa shape index (κ2) is 5.14. The first-order valence-electron chi connectivity index (χ1n) is 6.03. The van der Waals surface area contributed by atoms with Gasteiger partial charge in [-0.05, 0) is 18.3 Å². The monoisotopic (exact) mass is 221 g/mol. The van der Waals surface area contributed by atoms with E-state index in [1.807, 2.05) is 0 Å².